The predicted molar refractivity (Wildman–Crippen MR) is 143 cm³/mol. The molecule has 11 nitrogen and oxygen atoms in total. The van der Waals surface area contributed by atoms with E-state index < -0.39 is 5.97 Å². The summed E-state index contributed by atoms with van der Waals surface area (Å²) in [7, 11) is 0. The summed E-state index contributed by atoms with van der Waals surface area (Å²) < 4.78 is 7.58. The van der Waals surface area contributed by atoms with Crippen molar-refractivity contribution in [3.05, 3.63) is 47.9 Å². The number of carboxylic acid groups (broad SMARTS) is 1. The zero-order chi connectivity index (χ0) is 25.6. The van der Waals surface area contributed by atoms with Gasteiger partial charge in [-0.05, 0) is 37.8 Å². The molecule has 6 heterocycles. The number of rotatable bonds is 5. The van der Waals surface area contributed by atoms with Crippen molar-refractivity contribution in [3.63, 3.8) is 0 Å². The van der Waals surface area contributed by atoms with Gasteiger partial charge in [0, 0.05) is 50.2 Å². The molecule has 3 aliphatic rings. The molecule has 11 heteroatoms. The van der Waals surface area contributed by atoms with Crippen LogP contribution in [0.5, 0.6) is 0 Å². The molecule has 0 aliphatic carbocycles. The summed E-state index contributed by atoms with van der Waals surface area (Å²) in [6, 6.07) is 11.8. The number of aromatic carboxylic acids is 1. The van der Waals surface area contributed by atoms with Crippen LogP contribution >= 0.6 is 0 Å². The van der Waals surface area contributed by atoms with Crippen LogP contribution in [-0.4, -0.2) is 81.6 Å². The number of piperidine rings is 1. The molecule has 4 aromatic rings. The van der Waals surface area contributed by atoms with Gasteiger partial charge in [0.2, 0.25) is 5.82 Å². The van der Waals surface area contributed by atoms with Gasteiger partial charge in [-0.25, -0.2) is 19.7 Å². The lowest BCUT2D eigenvalue weighted by molar-refractivity contribution is 0.0684. The van der Waals surface area contributed by atoms with Gasteiger partial charge < -0.3 is 24.5 Å². The molecule has 0 saturated carbocycles. The molecular weight excluding hydrogens is 484 g/mol. The zero-order valence-corrected chi connectivity index (χ0v) is 21.2. The minimum Gasteiger partial charge on any atom is -0.475 e. The number of fused-ring (bicyclic) bond motifs is 2. The van der Waals surface area contributed by atoms with Crippen molar-refractivity contribution in [1.29, 1.82) is 0 Å². The van der Waals surface area contributed by atoms with Gasteiger partial charge in [0.25, 0.3) is 0 Å². The summed E-state index contributed by atoms with van der Waals surface area (Å²) in [6.07, 6.45) is 4.15. The van der Waals surface area contributed by atoms with Crippen molar-refractivity contribution in [2.45, 2.75) is 31.7 Å². The van der Waals surface area contributed by atoms with Crippen molar-refractivity contribution in [2.24, 2.45) is 0 Å². The summed E-state index contributed by atoms with van der Waals surface area (Å²) in [6.45, 7) is 5.83. The van der Waals surface area contributed by atoms with Gasteiger partial charge in [-0.15, -0.1) is 0 Å². The Kier molecular flexibility index (Phi) is 5.72. The first-order chi connectivity index (χ1) is 18.7. The van der Waals surface area contributed by atoms with Crippen molar-refractivity contribution >= 4 is 40.0 Å². The monoisotopic (exact) mass is 514 g/mol. The molecule has 1 N–H and O–H groups in total. The van der Waals surface area contributed by atoms with Crippen molar-refractivity contribution < 1.29 is 14.6 Å². The highest BCUT2D eigenvalue weighted by molar-refractivity contribution is 5.94. The normalized spacial score (nSPS) is 20.2. The highest BCUT2D eigenvalue weighted by atomic mass is 16.5. The van der Waals surface area contributed by atoms with Gasteiger partial charge in [0.1, 0.15) is 17.5 Å². The van der Waals surface area contributed by atoms with Gasteiger partial charge in [-0.3, -0.25) is 0 Å². The van der Waals surface area contributed by atoms with Crippen LogP contribution in [-0.2, 0) is 4.74 Å². The predicted octanol–water partition coefficient (Wildman–Crippen LogP) is 3.15. The number of carboxylic acids is 1. The second-order valence-electron chi connectivity index (χ2n) is 10.1. The summed E-state index contributed by atoms with van der Waals surface area (Å²) in [5.74, 6) is 1.36. The van der Waals surface area contributed by atoms with Gasteiger partial charge >= 0.3 is 5.97 Å². The van der Waals surface area contributed by atoms with E-state index in [1.165, 1.54) is 6.42 Å². The van der Waals surface area contributed by atoms with Crippen LogP contribution in [0.4, 0.5) is 17.5 Å². The van der Waals surface area contributed by atoms with E-state index in [2.05, 4.69) is 36.8 Å². The molecule has 3 saturated heterocycles. The number of benzene rings is 1. The van der Waals surface area contributed by atoms with E-state index in [4.69, 9.17) is 14.8 Å². The van der Waals surface area contributed by atoms with Gasteiger partial charge in [0.15, 0.2) is 5.65 Å². The number of nitrogens with zero attached hydrogens (tertiary/aromatic N) is 8. The minimum atomic E-state index is -1.13. The molecule has 0 radical (unpaired) electrons. The SMILES string of the molecule is O=C(O)c1nc(N2CCCCC2c2cc3nc(N4CCC4)cc(N4CCOCC4)n3n2)c2ccccc2n1. The van der Waals surface area contributed by atoms with Crippen LogP contribution in [0.3, 0.4) is 0 Å². The Morgan fingerprint density at radius 1 is 0.921 bits per heavy atom. The maximum absolute atomic E-state index is 11.9. The Labute approximate surface area is 219 Å². The number of carbonyl (C=O) groups is 1. The number of hydrogen-bond donors (Lipinski definition) is 1. The molecule has 1 aromatic carbocycles. The second-order valence-corrected chi connectivity index (χ2v) is 10.1. The molecule has 1 unspecified atom stereocenters. The summed E-state index contributed by atoms with van der Waals surface area (Å²) in [5.41, 5.74) is 2.38. The molecule has 0 amide bonds. The molecule has 38 heavy (non-hydrogen) atoms. The molecule has 1 atom stereocenters. The van der Waals surface area contributed by atoms with Crippen molar-refractivity contribution in [1.82, 2.24) is 24.6 Å². The van der Waals surface area contributed by atoms with E-state index in [0.29, 0.717) is 24.5 Å². The van der Waals surface area contributed by atoms with Gasteiger partial charge in [-0.1, -0.05) is 12.1 Å². The van der Waals surface area contributed by atoms with Crippen LogP contribution in [0, 0.1) is 0 Å². The first kappa shape index (κ1) is 23.2. The quantitative estimate of drug-likeness (QED) is 0.426. The number of aromatic nitrogens is 5. The van der Waals surface area contributed by atoms with Crippen LogP contribution in [0.1, 0.15) is 48.0 Å². The highest BCUT2D eigenvalue weighted by Crippen LogP contribution is 2.38. The van der Waals surface area contributed by atoms with E-state index in [0.717, 1.165) is 80.3 Å². The van der Waals surface area contributed by atoms with Crippen LogP contribution in [0.2, 0.25) is 0 Å². The molecule has 3 aromatic heterocycles. The van der Waals surface area contributed by atoms with E-state index >= 15 is 0 Å². The standard InChI is InChI=1S/C27H30N8O3/c36-27(37)25-28-19-7-2-1-6-18(19)26(30-25)34-11-4-3-8-21(34)20-16-23-29-22(32-9-5-10-32)17-24(35(23)31-20)33-12-14-38-15-13-33/h1-2,6-7,16-17,21H,3-5,8-15H2,(H,36,37). The van der Waals surface area contributed by atoms with Gasteiger partial charge in [-0.2, -0.15) is 9.61 Å². The average Bonchev–Trinajstić information content (AvgIpc) is 3.35. The zero-order valence-electron chi connectivity index (χ0n) is 21.2. The summed E-state index contributed by atoms with van der Waals surface area (Å²) >= 11 is 0. The number of morpholine rings is 1. The Morgan fingerprint density at radius 3 is 2.55 bits per heavy atom. The topological polar surface area (TPSA) is 112 Å². The molecule has 0 bridgehead atoms. The molecule has 7 rings (SSSR count). The Hall–Kier alpha value is -3.99. The summed E-state index contributed by atoms with van der Waals surface area (Å²) in [4.78, 5) is 32.5. The molecule has 3 fully saturated rings. The maximum Gasteiger partial charge on any atom is 0.374 e. The third-order valence-electron chi connectivity index (χ3n) is 7.82. The fourth-order valence-corrected chi connectivity index (χ4v) is 5.72. The van der Waals surface area contributed by atoms with E-state index in [1.807, 2.05) is 28.8 Å². The lowest BCUT2D eigenvalue weighted by Crippen LogP contribution is -2.40. The van der Waals surface area contributed by atoms with Crippen LogP contribution in [0.25, 0.3) is 16.6 Å². The van der Waals surface area contributed by atoms with E-state index in [-0.39, 0.29) is 11.9 Å². The third-order valence-corrected chi connectivity index (χ3v) is 7.82. The fourth-order valence-electron chi connectivity index (χ4n) is 5.72. The van der Waals surface area contributed by atoms with Crippen LogP contribution in [0.15, 0.2) is 36.4 Å². The first-order valence-corrected chi connectivity index (χ1v) is 13.4. The molecule has 3 aliphatic heterocycles. The molecular formula is C27H30N8O3. The molecule has 196 valence electrons. The number of para-hydroxylation sites is 1. The Bertz CT molecular complexity index is 1510. The summed E-state index contributed by atoms with van der Waals surface area (Å²) in [5, 5.41) is 15.7. The lowest BCUT2D eigenvalue weighted by atomic mass is 9.98. The number of ether oxygens (including phenoxy) is 1. The third kappa shape index (κ3) is 3.97. The van der Waals surface area contributed by atoms with Crippen LogP contribution < -0.4 is 14.7 Å². The highest BCUT2D eigenvalue weighted by Gasteiger charge is 2.31. The molecule has 0 spiro atoms. The van der Waals surface area contributed by atoms with Gasteiger partial charge in [0.05, 0.1) is 30.5 Å². The Balaban J connectivity index is 1.34. The maximum atomic E-state index is 11.9. The smallest absolute Gasteiger partial charge is 0.374 e. The number of anilines is 3. The largest absolute Gasteiger partial charge is 0.475 e. The van der Waals surface area contributed by atoms with E-state index in [1.54, 1.807) is 0 Å². The fraction of sp³-hybridized carbons (Fsp3) is 0.444. The first-order valence-electron chi connectivity index (χ1n) is 13.4. The average molecular weight is 515 g/mol. The number of hydrogen-bond acceptors (Lipinski definition) is 9. The van der Waals surface area contributed by atoms with Crippen molar-refractivity contribution in [3.8, 4) is 0 Å². The Morgan fingerprint density at radius 2 is 1.76 bits per heavy atom. The van der Waals surface area contributed by atoms with E-state index in [9.17, 15) is 9.90 Å². The lowest BCUT2D eigenvalue weighted by Gasteiger charge is -2.36. The minimum absolute atomic E-state index is 0.0459. The second kappa shape index (κ2) is 9.39. The van der Waals surface area contributed by atoms with Crippen molar-refractivity contribution in [2.75, 3.05) is 60.6 Å².